The highest BCUT2D eigenvalue weighted by Gasteiger charge is 2.40. The van der Waals surface area contributed by atoms with Gasteiger partial charge in [-0.25, -0.2) is 4.98 Å². The molecule has 3 rings (SSSR count). The van der Waals surface area contributed by atoms with E-state index < -0.39 is 10.8 Å². The lowest BCUT2D eigenvalue weighted by molar-refractivity contribution is 0.0730. The normalized spacial score (nSPS) is 20.6. The second-order valence-electron chi connectivity index (χ2n) is 6.06. The molecule has 1 fully saturated rings. The van der Waals surface area contributed by atoms with Crippen molar-refractivity contribution in [3.05, 3.63) is 42.1 Å². The monoisotopic (exact) mass is 330 g/mol. The average Bonchev–Trinajstić information content (AvgIpc) is 2.61. The average molecular weight is 330 g/mol. The van der Waals surface area contributed by atoms with Crippen LogP contribution in [0, 0.1) is 0 Å². The summed E-state index contributed by atoms with van der Waals surface area (Å²) in [6.07, 6.45) is 1.65. The molecule has 2 aromatic rings. The minimum absolute atomic E-state index is 0.0567. The molecule has 2 heterocycles. The van der Waals surface area contributed by atoms with Gasteiger partial charge in [0.15, 0.2) is 0 Å². The van der Waals surface area contributed by atoms with Crippen molar-refractivity contribution >= 4 is 27.6 Å². The first-order chi connectivity index (χ1) is 11.1. The van der Waals surface area contributed by atoms with Crippen LogP contribution >= 0.6 is 0 Å². The number of benzene rings is 1. The number of para-hydroxylation sites is 1. The van der Waals surface area contributed by atoms with Crippen molar-refractivity contribution < 1.29 is 9.00 Å². The van der Waals surface area contributed by atoms with E-state index in [9.17, 15) is 9.00 Å². The number of hydrogen-bond donors (Lipinski definition) is 0. The summed E-state index contributed by atoms with van der Waals surface area (Å²) in [6.45, 7) is 5.22. The summed E-state index contributed by atoms with van der Waals surface area (Å²) in [5.74, 6) is 0.500. The standard InChI is InChI=1S/C18H22N2O2S/c1-3-18(4-2)13-20(11-12-23(18)22)17(21)16-10-9-14-7-5-6-8-15(14)19-16/h5-10H,3-4,11-13H2,1-2H3/t23-/m1/s1. The van der Waals surface area contributed by atoms with Crippen LogP contribution in [0.2, 0.25) is 0 Å². The molecular weight excluding hydrogens is 308 g/mol. The van der Waals surface area contributed by atoms with Crippen LogP contribution in [0.25, 0.3) is 10.9 Å². The van der Waals surface area contributed by atoms with Crippen molar-refractivity contribution in [1.29, 1.82) is 0 Å². The summed E-state index contributed by atoms with van der Waals surface area (Å²) >= 11 is 0. The molecule has 0 saturated carbocycles. The van der Waals surface area contributed by atoms with Gasteiger partial charge in [-0.1, -0.05) is 38.1 Å². The van der Waals surface area contributed by atoms with Crippen LogP contribution in [0.5, 0.6) is 0 Å². The minimum Gasteiger partial charge on any atom is -0.335 e. The Hall–Kier alpha value is -1.75. The van der Waals surface area contributed by atoms with Gasteiger partial charge >= 0.3 is 0 Å². The molecule has 1 aliphatic rings. The molecule has 0 unspecified atom stereocenters. The number of carbonyl (C=O) groups excluding carboxylic acids is 1. The number of pyridine rings is 1. The van der Waals surface area contributed by atoms with E-state index in [0.29, 0.717) is 24.5 Å². The summed E-state index contributed by atoms with van der Waals surface area (Å²) < 4.78 is 12.1. The molecule has 1 saturated heterocycles. The SMILES string of the molecule is CCC1(CC)CN(C(=O)c2ccc3ccccc3n2)CC[S@]1=O. The summed E-state index contributed by atoms with van der Waals surface area (Å²) in [4.78, 5) is 19.2. The summed E-state index contributed by atoms with van der Waals surface area (Å²) in [5, 5.41) is 1.03. The second-order valence-corrected chi connectivity index (χ2v) is 8.02. The minimum atomic E-state index is -0.867. The van der Waals surface area contributed by atoms with Crippen LogP contribution in [0.1, 0.15) is 37.2 Å². The number of hydrogen-bond acceptors (Lipinski definition) is 3. The molecule has 23 heavy (non-hydrogen) atoms. The summed E-state index contributed by atoms with van der Waals surface area (Å²) in [6, 6.07) is 11.5. The van der Waals surface area contributed by atoms with Crippen molar-refractivity contribution in [3.63, 3.8) is 0 Å². The topological polar surface area (TPSA) is 50.3 Å². The van der Waals surface area contributed by atoms with Crippen molar-refractivity contribution in [2.45, 2.75) is 31.4 Å². The van der Waals surface area contributed by atoms with Gasteiger partial charge in [-0.3, -0.25) is 9.00 Å². The first kappa shape index (κ1) is 16.1. The molecule has 1 atom stereocenters. The van der Waals surface area contributed by atoms with Crippen molar-refractivity contribution in [2.75, 3.05) is 18.8 Å². The van der Waals surface area contributed by atoms with E-state index in [1.54, 1.807) is 6.07 Å². The Balaban J connectivity index is 1.88. The molecule has 0 aliphatic carbocycles. The van der Waals surface area contributed by atoms with E-state index in [1.807, 2.05) is 35.2 Å². The Morgan fingerprint density at radius 3 is 2.70 bits per heavy atom. The van der Waals surface area contributed by atoms with Crippen LogP contribution in [0.3, 0.4) is 0 Å². The first-order valence-electron chi connectivity index (χ1n) is 8.13. The van der Waals surface area contributed by atoms with Gasteiger partial charge in [0, 0.05) is 35.0 Å². The lowest BCUT2D eigenvalue weighted by Crippen LogP contribution is -2.54. The van der Waals surface area contributed by atoms with E-state index >= 15 is 0 Å². The van der Waals surface area contributed by atoms with Crippen LogP contribution < -0.4 is 0 Å². The lowest BCUT2D eigenvalue weighted by Gasteiger charge is -2.41. The maximum atomic E-state index is 12.8. The molecule has 122 valence electrons. The summed E-state index contributed by atoms with van der Waals surface area (Å²) in [5.41, 5.74) is 1.30. The highest BCUT2D eigenvalue weighted by Crippen LogP contribution is 2.29. The van der Waals surface area contributed by atoms with Gasteiger partial charge in [0.1, 0.15) is 5.69 Å². The molecular formula is C18H22N2O2S. The van der Waals surface area contributed by atoms with Gasteiger partial charge in [0.05, 0.1) is 10.3 Å². The van der Waals surface area contributed by atoms with Gasteiger partial charge in [-0.2, -0.15) is 0 Å². The van der Waals surface area contributed by atoms with E-state index in [1.165, 1.54) is 0 Å². The molecule has 0 radical (unpaired) electrons. The van der Waals surface area contributed by atoms with Crippen LogP contribution in [0.15, 0.2) is 36.4 Å². The third kappa shape index (κ3) is 2.90. The van der Waals surface area contributed by atoms with E-state index in [0.717, 1.165) is 23.7 Å². The maximum absolute atomic E-state index is 12.8. The number of rotatable bonds is 3. The number of nitrogens with zero attached hydrogens (tertiary/aromatic N) is 2. The molecule has 0 N–H and O–H groups in total. The number of amides is 1. The molecule has 1 aromatic carbocycles. The fourth-order valence-corrected chi connectivity index (χ4v) is 4.99. The Labute approximate surface area is 139 Å². The van der Waals surface area contributed by atoms with Gasteiger partial charge in [-0.05, 0) is 25.0 Å². The molecule has 1 amide bonds. The van der Waals surface area contributed by atoms with Crippen molar-refractivity contribution in [3.8, 4) is 0 Å². The quantitative estimate of drug-likeness (QED) is 0.869. The Morgan fingerprint density at radius 1 is 1.22 bits per heavy atom. The van der Waals surface area contributed by atoms with Gasteiger partial charge < -0.3 is 4.90 Å². The van der Waals surface area contributed by atoms with Crippen LogP contribution in [-0.2, 0) is 10.8 Å². The Morgan fingerprint density at radius 2 is 1.96 bits per heavy atom. The van der Waals surface area contributed by atoms with Gasteiger partial charge in [0.25, 0.3) is 5.91 Å². The molecule has 1 aromatic heterocycles. The van der Waals surface area contributed by atoms with Gasteiger partial charge in [0.2, 0.25) is 0 Å². The van der Waals surface area contributed by atoms with E-state index in [2.05, 4.69) is 18.8 Å². The third-order valence-corrected chi connectivity index (χ3v) is 7.13. The number of aromatic nitrogens is 1. The zero-order chi connectivity index (χ0) is 16.4. The zero-order valence-electron chi connectivity index (χ0n) is 13.6. The zero-order valence-corrected chi connectivity index (χ0v) is 14.4. The molecule has 4 nitrogen and oxygen atoms in total. The first-order valence-corrected chi connectivity index (χ1v) is 9.45. The van der Waals surface area contributed by atoms with Crippen molar-refractivity contribution in [1.82, 2.24) is 9.88 Å². The molecule has 0 bridgehead atoms. The molecule has 5 heteroatoms. The Kier molecular flexibility index (Phi) is 4.48. The van der Waals surface area contributed by atoms with Crippen molar-refractivity contribution in [2.24, 2.45) is 0 Å². The second kappa shape index (κ2) is 6.40. The molecule has 1 aliphatic heterocycles. The number of carbonyl (C=O) groups is 1. The third-order valence-electron chi connectivity index (χ3n) is 4.90. The van der Waals surface area contributed by atoms with E-state index in [-0.39, 0.29) is 10.7 Å². The van der Waals surface area contributed by atoms with Crippen LogP contribution in [-0.4, -0.2) is 43.6 Å². The smallest absolute Gasteiger partial charge is 0.272 e. The van der Waals surface area contributed by atoms with Gasteiger partial charge in [-0.15, -0.1) is 0 Å². The highest BCUT2D eigenvalue weighted by molar-refractivity contribution is 7.86. The summed E-state index contributed by atoms with van der Waals surface area (Å²) in [7, 11) is -0.867. The fourth-order valence-electron chi connectivity index (χ4n) is 3.22. The fraction of sp³-hybridized carbons (Fsp3) is 0.444. The predicted octanol–water partition coefficient (Wildman–Crippen LogP) is 3.00. The Bertz CT molecular complexity index is 756. The maximum Gasteiger partial charge on any atom is 0.272 e. The highest BCUT2D eigenvalue weighted by atomic mass is 32.2. The van der Waals surface area contributed by atoms with E-state index in [4.69, 9.17) is 0 Å². The van der Waals surface area contributed by atoms with Crippen LogP contribution in [0.4, 0.5) is 0 Å². The molecule has 0 spiro atoms. The predicted molar refractivity (Wildman–Crippen MR) is 94.0 cm³/mol. The largest absolute Gasteiger partial charge is 0.335 e. The lowest BCUT2D eigenvalue weighted by atomic mass is 10.0. The number of fused-ring (bicyclic) bond motifs is 1.